The summed E-state index contributed by atoms with van der Waals surface area (Å²) in [5.41, 5.74) is 6.38. The molecule has 108 valence electrons. The number of nitriles is 1. The van der Waals surface area contributed by atoms with Crippen LogP contribution in [-0.2, 0) is 0 Å². The molecule has 4 heteroatoms. The van der Waals surface area contributed by atoms with E-state index in [2.05, 4.69) is 17.9 Å². The molecule has 2 rings (SSSR count). The van der Waals surface area contributed by atoms with Gasteiger partial charge in [0.15, 0.2) is 0 Å². The van der Waals surface area contributed by atoms with Gasteiger partial charge >= 0.3 is 0 Å². The predicted octanol–water partition coefficient (Wildman–Crippen LogP) is 3.06. The zero-order valence-electron chi connectivity index (χ0n) is 12.0. The lowest BCUT2D eigenvalue weighted by molar-refractivity contribution is 0.374. The molecular formula is C16H22FN3. The Morgan fingerprint density at radius 2 is 2.35 bits per heavy atom. The quantitative estimate of drug-likeness (QED) is 0.898. The van der Waals surface area contributed by atoms with Crippen LogP contribution in [0.15, 0.2) is 24.3 Å². The maximum atomic E-state index is 13.3. The standard InChI is InChI=1S/C16H22FN3/c1-2-20(15-7-3-6-14(17)11-15)10-8-13-5-4-9-16(13,19)12-18/h3,6-7,11,13H,2,4-5,8-10,19H2,1H3. The van der Waals surface area contributed by atoms with E-state index in [-0.39, 0.29) is 11.7 Å². The molecule has 1 saturated carbocycles. The highest BCUT2D eigenvalue weighted by atomic mass is 19.1. The second-order valence-electron chi connectivity index (χ2n) is 5.59. The van der Waals surface area contributed by atoms with Gasteiger partial charge in [0.25, 0.3) is 0 Å². The van der Waals surface area contributed by atoms with E-state index in [1.54, 1.807) is 12.1 Å². The summed E-state index contributed by atoms with van der Waals surface area (Å²) in [5.74, 6) is 0.0297. The fraction of sp³-hybridized carbons (Fsp3) is 0.562. The first-order chi connectivity index (χ1) is 9.59. The zero-order valence-corrected chi connectivity index (χ0v) is 12.0. The average molecular weight is 275 g/mol. The van der Waals surface area contributed by atoms with Gasteiger partial charge in [-0.2, -0.15) is 5.26 Å². The minimum absolute atomic E-state index is 0.216. The largest absolute Gasteiger partial charge is 0.372 e. The number of nitrogens with zero attached hydrogens (tertiary/aromatic N) is 2. The Morgan fingerprint density at radius 3 is 3.00 bits per heavy atom. The Balaban J connectivity index is 2.00. The number of rotatable bonds is 5. The van der Waals surface area contributed by atoms with E-state index in [1.807, 2.05) is 6.07 Å². The van der Waals surface area contributed by atoms with Gasteiger partial charge in [-0.05, 0) is 50.3 Å². The highest BCUT2D eigenvalue weighted by Gasteiger charge is 2.39. The van der Waals surface area contributed by atoms with E-state index in [9.17, 15) is 9.65 Å². The molecular weight excluding hydrogens is 253 g/mol. The average Bonchev–Trinajstić information content (AvgIpc) is 2.82. The normalized spacial score (nSPS) is 25.4. The van der Waals surface area contributed by atoms with Crippen LogP contribution in [-0.4, -0.2) is 18.6 Å². The molecule has 20 heavy (non-hydrogen) atoms. The maximum absolute atomic E-state index is 13.3. The number of hydrogen-bond donors (Lipinski definition) is 1. The van der Waals surface area contributed by atoms with Gasteiger partial charge in [-0.15, -0.1) is 0 Å². The van der Waals surface area contributed by atoms with Gasteiger partial charge in [0.05, 0.1) is 6.07 Å². The van der Waals surface area contributed by atoms with Crippen LogP contribution in [0.2, 0.25) is 0 Å². The summed E-state index contributed by atoms with van der Waals surface area (Å²) in [7, 11) is 0. The van der Waals surface area contributed by atoms with E-state index < -0.39 is 5.54 Å². The van der Waals surface area contributed by atoms with Crippen LogP contribution in [0.25, 0.3) is 0 Å². The van der Waals surface area contributed by atoms with Gasteiger partial charge in [0, 0.05) is 18.8 Å². The molecule has 2 unspecified atom stereocenters. The number of hydrogen-bond acceptors (Lipinski definition) is 3. The van der Waals surface area contributed by atoms with Crippen LogP contribution >= 0.6 is 0 Å². The first-order valence-electron chi connectivity index (χ1n) is 7.29. The topological polar surface area (TPSA) is 53.0 Å². The third kappa shape index (κ3) is 3.10. The molecule has 1 aliphatic rings. The Labute approximate surface area is 120 Å². The Kier molecular flexibility index (Phi) is 4.61. The first kappa shape index (κ1) is 14.8. The number of nitrogens with two attached hydrogens (primary N) is 1. The summed E-state index contributed by atoms with van der Waals surface area (Å²) >= 11 is 0. The second kappa shape index (κ2) is 6.23. The summed E-state index contributed by atoms with van der Waals surface area (Å²) in [6, 6.07) is 8.93. The molecule has 2 N–H and O–H groups in total. The molecule has 0 aliphatic heterocycles. The van der Waals surface area contributed by atoms with Gasteiger partial charge in [0.2, 0.25) is 0 Å². The van der Waals surface area contributed by atoms with E-state index in [4.69, 9.17) is 5.73 Å². The Hall–Kier alpha value is -1.60. The molecule has 3 nitrogen and oxygen atoms in total. The molecule has 1 aliphatic carbocycles. The van der Waals surface area contributed by atoms with Crippen LogP contribution in [0.3, 0.4) is 0 Å². The van der Waals surface area contributed by atoms with E-state index in [0.29, 0.717) is 0 Å². The Morgan fingerprint density at radius 1 is 1.55 bits per heavy atom. The molecule has 0 heterocycles. The lowest BCUT2D eigenvalue weighted by Crippen LogP contribution is -2.43. The van der Waals surface area contributed by atoms with Crippen molar-refractivity contribution in [3.63, 3.8) is 0 Å². The van der Waals surface area contributed by atoms with Gasteiger partial charge in [-0.25, -0.2) is 4.39 Å². The first-order valence-corrected chi connectivity index (χ1v) is 7.29. The summed E-state index contributed by atoms with van der Waals surface area (Å²) in [5, 5.41) is 9.23. The number of anilines is 1. The molecule has 0 aromatic heterocycles. The van der Waals surface area contributed by atoms with Crippen molar-refractivity contribution in [2.45, 2.75) is 38.1 Å². The maximum Gasteiger partial charge on any atom is 0.125 e. The van der Waals surface area contributed by atoms with Crippen LogP contribution in [0, 0.1) is 23.1 Å². The highest BCUT2D eigenvalue weighted by Crippen LogP contribution is 2.35. The highest BCUT2D eigenvalue weighted by molar-refractivity contribution is 5.46. The van der Waals surface area contributed by atoms with Crippen LogP contribution < -0.4 is 10.6 Å². The van der Waals surface area contributed by atoms with E-state index >= 15 is 0 Å². The summed E-state index contributed by atoms with van der Waals surface area (Å²) < 4.78 is 13.3. The fourth-order valence-electron chi connectivity index (χ4n) is 3.11. The summed E-state index contributed by atoms with van der Waals surface area (Å²) in [4.78, 5) is 2.14. The Bertz CT molecular complexity index is 497. The zero-order chi connectivity index (χ0) is 14.6. The van der Waals surface area contributed by atoms with Gasteiger partial charge in [-0.1, -0.05) is 12.5 Å². The van der Waals surface area contributed by atoms with Gasteiger partial charge < -0.3 is 10.6 Å². The van der Waals surface area contributed by atoms with Crippen molar-refractivity contribution >= 4 is 5.69 Å². The summed E-state index contributed by atoms with van der Waals surface area (Å²) in [6.07, 6.45) is 3.72. The van der Waals surface area contributed by atoms with Crippen molar-refractivity contribution in [2.24, 2.45) is 11.7 Å². The number of halogens is 1. The third-order valence-corrected chi connectivity index (χ3v) is 4.38. The molecule has 0 amide bonds. The molecule has 0 saturated heterocycles. The third-order valence-electron chi connectivity index (χ3n) is 4.38. The van der Waals surface area contributed by atoms with Crippen LogP contribution in [0.4, 0.5) is 10.1 Å². The lowest BCUT2D eigenvalue weighted by Gasteiger charge is -2.28. The molecule has 1 aromatic carbocycles. The van der Waals surface area contributed by atoms with Gasteiger partial charge in [0.1, 0.15) is 11.4 Å². The van der Waals surface area contributed by atoms with Crippen molar-refractivity contribution in [3.8, 4) is 6.07 Å². The molecule has 0 spiro atoms. The number of benzene rings is 1. The molecule has 2 atom stereocenters. The lowest BCUT2D eigenvalue weighted by atomic mass is 9.87. The smallest absolute Gasteiger partial charge is 0.125 e. The monoisotopic (exact) mass is 275 g/mol. The SMILES string of the molecule is CCN(CCC1CCCC1(N)C#N)c1cccc(F)c1. The fourth-order valence-corrected chi connectivity index (χ4v) is 3.11. The van der Waals surface area contributed by atoms with Crippen molar-refractivity contribution in [2.75, 3.05) is 18.0 Å². The van der Waals surface area contributed by atoms with Gasteiger partial charge in [-0.3, -0.25) is 0 Å². The molecule has 0 bridgehead atoms. The van der Waals surface area contributed by atoms with Crippen molar-refractivity contribution in [3.05, 3.63) is 30.1 Å². The molecule has 0 radical (unpaired) electrons. The minimum atomic E-state index is -0.665. The molecule has 1 fully saturated rings. The predicted molar refractivity (Wildman–Crippen MR) is 78.8 cm³/mol. The van der Waals surface area contributed by atoms with Crippen molar-refractivity contribution in [1.29, 1.82) is 5.26 Å². The second-order valence-corrected chi connectivity index (χ2v) is 5.59. The molecule has 1 aromatic rings. The van der Waals surface area contributed by atoms with E-state index in [0.717, 1.165) is 44.5 Å². The summed E-state index contributed by atoms with van der Waals surface area (Å²) in [6.45, 7) is 3.69. The van der Waals surface area contributed by atoms with Crippen LogP contribution in [0.5, 0.6) is 0 Å². The van der Waals surface area contributed by atoms with Crippen molar-refractivity contribution in [1.82, 2.24) is 0 Å². The minimum Gasteiger partial charge on any atom is -0.372 e. The van der Waals surface area contributed by atoms with E-state index in [1.165, 1.54) is 6.07 Å². The van der Waals surface area contributed by atoms with Crippen molar-refractivity contribution < 1.29 is 4.39 Å². The van der Waals surface area contributed by atoms with Crippen LogP contribution in [0.1, 0.15) is 32.6 Å².